The van der Waals surface area contributed by atoms with Gasteiger partial charge in [-0.1, -0.05) is 0 Å². The zero-order chi connectivity index (χ0) is 12.0. The molecule has 0 spiro atoms. The Morgan fingerprint density at radius 2 is 2.35 bits per heavy atom. The van der Waals surface area contributed by atoms with Crippen molar-refractivity contribution >= 4 is 23.2 Å². The molecule has 2 aliphatic rings. The van der Waals surface area contributed by atoms with E-state index in [9.17, 15) is 4.79 Å². The minimum atomic E-state index is -0.233. The van der Waals surface area contributed by atoms with Crippen molar-refractivity contribution in [1.29, 1.82) is 0 Å². The van der Waals surface area contributed by atoms with Crippen molar-refractivity contribution in [2.24, 2.45) is 0 Å². The highest BCUT2D eigenvalue weighted by atomic mass is 32.1. The highest BCUT2D eigenvalue weighted by molar-refractivity contribution is 7.80. The maximum Gasteiger partial charge on any atom is 0.251 e. The van der Waals surface area contributed by atoms with Gasteiger partial charge in [0.1, 0.15) is 11.9 Å². The molecule has 1 aromatic heterocycles. The monoisotopic (exact) mass is 251 g/mol. The molecule has 1 aromatic rings. The lowest BCUT2D eigenvalue weighted by atomic mass is 10.3. The summed E-state index contributed by atoms with van der Waals surface area (Å²) in [5.74, 6) is 1.84. The van der Waals surface area contributed by atoms with Crippen LogP contribution in [0.5, 0.6) is 0 Å². The lowest BCUT2D eigenvalue weighted by Crippen LogP contribution is -2.31. The lowest BCUT2D eigenvalue weighted by molar-refractivity contribution is -0.127. The van der Waals surface area contributed by atoms with E-state index in [4.69, 9.17) is 12.2 Å². The quantitative estimate of drug-likeness (QED) is 0.739. The molecule has 7 heteroatoms. The summed E-state index contributed by atoms with van der Waals surface area (Å²) in [6.07, 6.45) is 2.07. The summed E-state index contributed by atoms with van der Waals surface area (Å²) in [5.41, 5.74) is 0. The van der Waals surface area contributed by atoms with Crippen LogP contribution in [0, 0.1) is 0 Å². The molecule has 1 amide bonds. The van der Waals surface area contributed by atoms with E-state index in [1.165, 1.54) is 0 Å². The third-order valence-corrected chi connectivity index (χ3v) is 3.55. The van der Waals surface area contributed by atoms with Crippen molar-refractivity contribution in [3.8, 4) is 0 Å². The molecule has 1 atom stereocenters. The van der Waals surface area contributed by atoms with Crippen molar-refractivity contribution in [3.05, 3.63) is 11.6 Å². The second-order valence-corrected chi connectivity index (χ2v) is 4.77. The van der Waals surface area contributed by atoms with Crippen LogP contribution in [0.2, 0.25) is 0 Å². The smallest absolute Gasteiger partial charge is 0.251 e. The second-order valence-electron chi connectivity index (χ2n) is 4.38. The molecule has 3 heterocycles. The van der Waals surface area contributed by atoms with E-state index in [-0.39, 0.29) is 11.9 Å². The van der Waals surface area contributed by atoms with Crippen molar-refractivity contribution in [3.63, 3.8) is 0 Å². The standard InChI is InChI=1S/C10H13N5OS/c1-6-9(16)15(10(17)11-6)5-8-13-12-7-3-2-4-14(7)8/h6H,2-5H2,1H3,(H,11,17)/t6-/m0/s1. The number of amides is 1. The molecule has 0 bridgehead atoms. The Morgan fingerprint density at radius 1 is 1.53 bits per heavy atom. The Kier molecular flexibility index (Phi) is 2.36. The first-order valence-corrected chi connectivity index (χ1v) is 6.10. The summed E-state index contributed by atoms with van der Waals surface area (Å²) < 4.78 is 2.08. The van der Waals surface area contributed by atoms with Crippen LogP contribution in [0.1, 0.15) is 25.0 Å². The fraction of sp³-hybridized carbons (Fsp3) is 0.600. The largest absolute Gasteiger partial charge is 0.351 e. The Morgan fingerprint density at radius 3 is 3.06 bits per heavy atom. The molecular weight excluding hydrogens is 238 g/mol. The Balaban J connectivity index is 1.83. The van der Waals surface area contributed by atoms with Gasteiger partial charge >= 0.3 is 0 Å². The van der Waals surface area contributed by atoms with Gasteiger partial charge in [-0.2, -0.15) is 0 Å². The van der Waals surface area contributed by atoms with E-state index in [0.717, 1.165) is 31.0 Å². The SMILES string of the molecule is C[C@@H]1NC(=S)N(Cc2nnc3n2CCC3)C1=O. The Labute approximate surface area is 104 Å². The summed E-state index contributed by atoms with van der Waals surface area (Å²) in [4.78, 5) is 13.4. The van der Waals surface area contributed by atoms with Crippen molar-refractivity contribution < 1.29 is 4.79 Å². The minimum absolute atomic E-state index is 0.00495. The van der Waals surface area contributed by atoms with E-state index >= 15 is 0 Å². The topological polar surface area (TPSA) is 63.0 Å². The molecule has 17 heavy (non-hydrogen) atoms. The van der Waals surface area contributed by atoms with Crippen LogP contribution in [0.3, 0.4) is 0 Å². The summed E-state index contributed by atoms with van der Waals surface area (Å²) in [6.45, 7) is 3.17. The van der Waals surface area contributed by atoms with Gasteiger partial charge < -0.3 is 9.88 Å². The summed E-state index contributed by atoms with van der Waals surface area (Å²) in [6, 6.07) is -0.233. The Bertz CT molecular complexity index is 497. The summed E-state index contributed by atoms with van der Waals surface area (Å²) in [7, 11) is 0. The number of hydrogen-bond donors (Lipinski definition) is 1. The zero-order valence-electron chi connectivity index (χ0n) is 9.51. The van der Waals surface area contributed by atoms with Crippen molar-refractivity contribution in [1.82, 2.24) is 25.0 Å². The van der Waals surface area contributed by atoms with Crippen LogP contribution < -0.4 is 5.32 Å². The number of carbonyl (C=O) groups is 1. The van der Waals surface area contributed by atoms with E-state index in [1.54, 1.807) is 4.90 Å². The summed E-state index contributed by atoms with van der Waals surface area (Å²) >= 11 is 5.13. The third-order valence-electron chi connectivity index (χ3n) is 3.21. The molecule has 90 valence electrons. The molecule has 0 aliphatic carbocycles. The van der Waals surface area contributed by atoms with Crippen LogP contribution in [0.4, 0.5) is 0 Å². The predicted molar refractivity (Wildman–Crippen MR) is 64.1 cm³/mol. The number of fused-ring (bicyclic) bond motifs is 1. The molecule has 2 aliphatic heterocycles. The number of carbonyl (C=O) groups excluding carboxylic acids is 1. The lowest BCUT2D eigenvalue weighted by Gasteiger charge is -2.14. The predicted octanol–water partition coefficient (Wildman–Crippen LogP) is -0.171. The van der Waals surface area contributed by atoms with Crippen LogP contribution in [-0.2, 0) is 24.3 Å². The van der Waals surface area contributed by atoms with Crippen molar-refractivity contribution in [2.75, 3.05) is 0 Å². The van der Waals surface area contributed by atoms with Crippen LogP contribution in [-0.4, -0.2) is 36.7 Å². The average Bonchev–Trinajstić information content (AvgIpc) is 2.92. The van der Waals surface area contributed by atoms with Gasteiger partial charge in [-0.15, -0.1) is 10.2 Å². The van der Waals surface area contributed by atoms with Crippen LogP contribution >= 0.6 is 12.2 Å². The molecule has 0 unspecified atom stereocenters. The van der Waals surface area contributed by atoms with E-state index in [1.807, 2.05) is 6.92 Å². The van der Waals surface area contributed by atoms with Gasteiger partial charge in [0.15, 0.2) is 10.9 Å². The highest BCUT2D eigenvalue weighted by Gasteiger charge is 2.33. The van der Waals surface area contributed by atoms with Gasteiger partial charge in [-0.25, -0.2) is 0 Å². The number of aromatic nitrogens is 3. The number of thiocarbonyl (C=S) groups is 1. The molecule has 1 saturated heterocycles. The van der Waals surface area contributed by atoms with E-state index in [0.29, 0.717) is 11.7 Å². The van der Waals surface area contributed by atoms with E-state index < -0.39 is 0 Å². The number of nitrogens with zero attached hydrogens (tertiary/aromatic N) is 4. The molecule has 0 aromatic carbocycles. The third kappa shape index (κ3) is 1.61. The molecule has 3 rings (SSSR count). The van der Waals surface area contributed by atoms with Gasteiger partial charge in [0.05, 0.1) is 6.54 Å². The van der Waals surface area contributed by atoms with Gasteiger partial charge in [0.2, 0.25) is 0 Å². The number of rotatable bonds is 2. The van der Waals surface area contributed by atoms with E-state index in [2.05, 4.69) is 20.1 Å². The summed E-state index contributed by atoms with van der Waals surface area (Å²) in [5, 5.41) is 11.7. The molecule has 0 radical (unpaired) electrons. The average molecular weight is 251 g/mol. The number of aryl methyl sites for hydroxylation is 1. The molecular formula is C10H13N5OS. The maximum absolute atomic E-state index is 11.9. The first-order chi connectivity index (χ1) is 8.16. The zero-order valence-corrected chi connectivity index (χ0v) is 10.3. The van der Waals surface area contributed by atoms with Gasteiger partial charge in [-0.3, -0.25) is 9.69 Å². The molecule has 1 fully saturated rings. The second kappa shape index (κ2) is 3.76. The van der Waals surface area contributed by atoms with Crippen molar-refractivity contribution in [2.45, 2.75) is 38.9 Å². The minimum Gasteiger partial charge on any atom is -0.351 e. The van der Waals surface area contributed by atoms with Crippen LogP contribution in [0.25, 0.3) is 0 Å². The van der Waals surface area contributed by atoms with Gasteiger partial charge in [0, 0.05) is 13.0 Å². The number of hydrogen-bond acceptors (Lipinski definition) is 4. The maximum atomic E-state index is 11.9. The highest BCUT2D eigenvalue weighted by Crippen LogP contribution is 2.17. The molecule has 1 N–H and O–H groups in total. The first-order valence-electron chi connectivity index (χ1n) is 5.69. The van der Waals surface area contributed by atoms with Gasteiger partial charge in [-0.05, 0) is 25.6 Å². The normalized spacial score (nSPS) is 23.1. The molecule has 0 saturated carbocycles. The first kappa shape index (κ1) is 10.6. The molecule has 6 nitrogen and oxygen atoms in total. The fourth-order valence-corrected chi connectivity index (χ4v) is 2.61. The van der Waals surface area contributed by atoms with Gasteiger partial charge in [0.25, 0.3) is 5.91 Å². The number of nitrogens with one attached hydrogen (secondary N) is 1. The van der Waals surface area contributed by atoms with Crippen LogP contribution in [0.15, 0.2) is 0 Å². The Hall–Kier alpha value is -1.50. The fourth-order valence-electron chi connectivity index (χ4n) is 2.28.